The second-order valence-electron chi connectivity index (χ2n) is 5.47. The van der Waals surface area contributed by atoms with Gasteiger partial charge in [0.2, 0.25) is 0 Å². The zero-order valence-electron chi connectivity index (χ0n) is 12.5. The van der Waals surface area contributed by atoms with Crippen molar-refractivity contribution in [1.29, 1.82) is 0 Å². The minimum absolute atomic E-state index is 0.234. The standard InChI is InChI=1S/C15H24ClN3O/c1-4-5-17-7-13-6-15(18-8-14(13)16)19-9-11(2)20-12(3)10-19/h6,8,11-12,17H,4-5,7,9-10H2,1-3H3. The Morgan fingerprint density at radius 3 is 2.75 bits per heavy atom. The summed E-state index contributed by atoms with van der Waals surface area (Å²) in [6, 6.07) is 2.09. The lowest BCUT2D eigenvalue weighted by atomic mass is 10.2. The van der Waals surface area contributed by atoms with Crippen LogP contribution in [-0.4, -0.2) is 36.8 Å². The Balaban J connectivity index is 2.09. The van der Waals surface area contributed by atoms with Crippen LogP contribution in [0.1, 0.15) is 32.8 Å². The SMILES string of the molecule is CCCNCc1cc(N2CC(C)OC(C)C2)ncc1Cl. The van der Waals surface area contributed by atoms with Crippen LogP contribution in [-0.2, 0) is 11.3 Å². The molecule has 112 valence electrons. The van der Waals surface area contributed by atoms with Crippen molar-refractivity contribution in [3.8, 4) is 0 Å². The lowest BCUT2D eigenvalue weighted by Gasteiger charge is -2.36. The van der Waals surface area contributed by atoms with Crippen molar-refractivity contribution >= 4 is 17.4 Å². The van der Waals surface area contributed by atoms with E-state index in [0.717, 1.165) is 49.0 Å². The van der Waals surface area contributed by atoms with E-state index in [9.17, 15) is 0 Å². The number of anilines is 1. The summed E-state index contributed by atoms with van der Waals surface area (Å²) in [6.45, 7) is 9.90. The van der Waals surface area contributed by atoms with Crippen molar-refractivity contribution in [1.82, 2.24) is 10.3 Å². The molecule has 0 bridgehead atoms. The van der Waals surface area contributed by atoms with Gasteiger partial charge in [0.05, 0.1) is 17.2 Å². The molecule has 0 radical (unpaired) electrons. The first-order valence-electron chi connectivity index (χ1n) is 7.35. The summed E-state index contributed by atoms with van der Waals surface area (Å²) >= 11 is 6.23. The fraction of sp³-hybridized carbons (Fsp3) is 0.667. The Bertz CT molecular complexity index is 431. The molecule has 1 N–H and O–H groups in total. The van der Waals surface area contributed by atoms with Gasteiger partial charge >= 0.3 is 0 Å². The highest BCUT2D eigenvalue weighted by molar-refractivity contribution is 6.31. The topological polar surface area (TPSA) is 37.4 Å². The first-order valence-corrected chi connectivity index (χ1v) is 7.73. The van der Waals surface area contributed by atoms with Crippen LogP contribution in [0.2, 0.25) is 5.02 Å². The van der Waals surface area contributed by atoms with Crippen LogP contribution < -0.4 is 10.2 Å². The molecule has 2 heterocycles. The second-order valence-corrected chi connectivity index (χ2v) is 5.88. The Hall–Kier alpha value is -0.840. The van der Waals surface area contributed by atoms with Crippen molar-refractivity contribution in [3.05, 3.63) is 22.8 Å². The van der Waals surface area contributed by atoms with Gasteiger partial charge in [-0.05, 0) is 38.4 Å². The molecular formula is C15H24ClN3O. The molecule has 1 aromatic rings. The largest absolute Gasteiger partial charge is 0.372 e. The summed E-state index contributed by atoms with van der Waals surface area (Å²) in [5.74, 6) is 0.990. The average Bonchev–Trinajstić information content (AvgIpc) is 2.40. The predicted octanol–water partition coefficient (Wildman–Crippen LogP) is 2.85. The van der Waals surface area contributed by atoms with E-state index in [2.05, 4.69) is 42.0 Å². The normalized spacial score (nSPS) is 23.1. The Kier molecular flexibility index (Phi) is 5.64. The Morgan fingerprint density at radius 2 is 2.10 bits per heavy atom. The van der Waals surface area contributed by atoms with Gasteiger partial charge in [-0.3, -0.25) is 0 Å². The second kappa shape index (κ2) is 7.25. The van der Waals surface area contributed by atoms with Crippen molar-refractivity contribution in [2.75, 3.05) is 24.5 Å². The molecule has 20 heavy (non-hydrogen) atoms. The number of nitrogens with one attached hydrogen (secondary N) is 1. The summed E-state index contributed by atoms with van der Waals surface area (Å²) in [5, 5.41) is 4.11. The Labute approximate surface area is 126 Å². The van der Waals surface area contributed by atoms with Crippen molar-refractivity contribution in [2.24, 2.45) is 0 Å². The van der Waals surface area contributed by atoms with Gasteiger partial charge in [-0.15, -0.1) is 0 Å². The Morgan fingerprint density at radius 1 is 1.40 bits per heavy atom. The van der Waals surface area contributed by atoms with E-state index in [1.54, 1.807) is 6.20 Å². The number of ether oxygens (including phenoxy) is 1. The number of nitrogens with zero attached hydrogens (tertiary/aromatic N) is 2. The molecule has 0 amide bonds. The predicted molar refractivity (Wildman–Crippen MR) is 83.5 cm³/mol. The molecule has 2 unspecified atom stereocenters. The van der Waals surface area contributed by atoms with Gasteiger partial charge < -0.3 is 15.0 Å². The summed E-state index contributed by atoms with van der Waals surface area (Å²) in [6.07, 6.45) is 3.34. The van der Waals surface area contributed by atoms with Crippen LogP contribution in [0.5, 0.6) is 0 Å². The van der Waals surface area contributed by atoms with Gasteiger partial charge in [-0.2, -0.15) is 0 Å². The maximum absolute atomic E-state index is 6.23. The van der Waals surface area contributed by atoms with E-state index in [-0.39, 0.29) is 12.2 Å². The molecule has 0 spiro atoms. The van der Waals surface area contributed by atoms with Gasteiger partial charge in [0.15, 0.2) is 0 Å². The van der Waals surface area contributed by atoms with Crippen LogP contribution in [0, 0.1) is 0 Å². The molecule has 0 saturated carbocycles. The number of rotatable bonds is 5. The average molecular weight is 298 g/mol. The van der Waals surface area contributed by atoms with E-state index < -0.39 is 0 Å². The van der Waals surface area contributed by atoms with Crippen LogP contribution in [0.3, 0.4) is 0 Å². The van der Waals surface area contributed by atoms with E-state index in [4.69, 9.17) is 16.3 Å². The fourth-order valence-electron chi connectivity index (χ4n) is 2.54. The molecule has 2 rings (SSSR count). The van der Waals surface area contributed by atoms with Crippen LogP contribution in [0.4, 0.5) is 5.82 Å². The highest BCUT2D eigenvalue weighted by Crippen LogP contribution is 2.23. The minimum Gasteiger partial charge on any atom is -0.372 e. The van der Waals surface area contributed by atoms with Crippen LogP contribution in [0.15, 0.2) is 12.3 Å². The van der Waals surface area contributed by atoms with E-state index in [1.807, 2.05) is 0 Å². The molecule has 5 heteroatoms. The number of hydrogen-bond donors (Lipinski definition) is 1. The van der Waals surface area contributed by atoms with Gasteiger partial charge in [0, 0.05) is 25.8 Å². The van der Waals surface area contributed by atoms with Crippen molar-refractivity contribution in [2.45, 2.75) is 45.9 Å². The highest BCUT2D eigenvalue weighted by Gasteiger charge is 2.23. The number of halogens is 1. The zero-order valence-corrected chi connectivity index (χ0v) is 13.3. The van der Waals surface area contributed by atoms with Crippen LogP contribution >= 0.6 is 11.6 Å². The maximum Gasteiger partial charge on any atom is 0.129 e. The van der Waals surface area contributed by atoms with Crippen molar-refractivity contribution in [3.63, 3.8) is 0 Å². The third kappa shape index (κ3) is 4.08. The zero-order chi connectivity index (χ0) is 14.5. The molecule has 1 aliphatic heterocycles. The first kappa shape index (κ1) is 15.5. The van der Waals surface area contributed by atoms with Gasteiger partial charge in [0.1, 0.15) is 5.82 Å². The number of morpholine rings is 1. The molecule has 1 saturated heterocycles. The molecule has 1 aliphatic rings. The molecule has 0 aromatic carbocycles. The van der Waals surface area contributed by atoms with Gasteiger partial charge in [-0.25, -0.2) is 4.98 Å². The maximum atomic E-state index is 6.23. The molecular weight excluding hydrogens is 274 g/mol. The number of aromatic nitrogens is 1. The molecule has 1 aromatic heterocycles. The smallest absolute Gasteiger partial charge is 0.129 e. The summed E-state index contributed by atoms with van der Waals surface area (Å²) in [4.78, 5) is 6.75. The summed E-state index contributed by atoms with van der Waals surface area (Å²) in [5.41, 5.74) is 1.11. The van der Waals surface area contributed by atoms with Crippen molar-refractivity contribution < 1.29 is 4.74 Å². The third-order valence-electron chi connectivity index (χ3n) is 3.41. The van der Waals surface area contributed by atoms with E-state index >= 15 is 0 Å². The monoisotopic (exact) mass is 297 g/mol. The molecule has 2 atom stereocenters. The quantitative estimate of drug-likeness (QED) is 0.848. The fourth-order valence-corrected chi connectivity index (χ4v) is 2.71. The number of hydrogen-bond acceptors (Lipinski definition) is 4. The minimum atomic E-state index is 0.234. The third-order valence-corrected chi connectivity index (χ3v) is 3.75. The summed E-state index contributed by atoms with van der Waals surface area (Å²) < 4.78 is 5.76. The lowest BCUT2D eigenvalue weighted by Crippen LogP contribution is -2.45. The van der Waals surface area contributed by atoms with Gasteiger partial charge in [0.25, 0.3) is 0 Å². The van der Waals surface area contributed by atoms with Gasteiger partial charge in [-0.1, -0.05) is 18.5 Å². The first-order chi connectivity index (χ1) is 9.60. The van der Waals surface area contributed by atoms with E-state index in [0.29, 0.717) is 0 Å². The number of pyridine rings is 1. The lowest BCUT2D eigenvalue weighted by molar-refractivity contribution is -0.00546. The van der Waals surface area contributed by atoms with E-state index in [1.165, 1.54) is 0 Å². The van der Waals surface area contributed by atoms with Crippen LogP contribution in [0.25, 0.3) is 0 Å². The molecule has 4 nitrogen and oxygen atoms in total. The summed E-state index contributed by atoms with van der Waals surface area (Å²) in [7, 11) is 0. The molecule has 0 aliphatic carbocycles. The highest BCUT2D eigenvalue weighted by atomic mass is 35.5. The molecule has 1 fully saturated rings.